The van der Waals surface area contributed by atoms with Crippen LogP contribution >= 0.6 is 15.9 Å². The van der Waals surface area contributed by atoms with Crippen LogP contribution in [0.5, 0.6) is 0 Å². The van der Waals surface area contributed by atoms with Gasteiger partial charge in [0.1, 0.15) is 11.5 Å². The maximum atomic E-state index is 12.9. The SMILES string of the molecule is COC(=O)[C@@H]1[C@@H]2C=C[C@@]3(CN(c4ccc(Br)cc4)C(=O)[C@H]13)O2. The lowest BCUT2D eigenvalue weighted by Crippen LogP contribution is -2.39. The summed E-state index contributed by atoms with van der Waals surface area (Å²) in [6.07, 6.45) is 3.45. The molecule has 4 atom stereocenters. The fourth-order valence-corrected chi connectivity index (χ4v) is 4.01. The molecule has 2 bridgehead atoms. The van der Waals surface area contributed by atoms with Gasteiger partial charge in [0.15, 0.2) is 0 Å². The number of halogens is 1. The molecule has 6 heteroatoms. The Morgan fingerprint density at radius 3 is 2.82 bits per heavy atom. The normalized spacial score (nSPS) is 35.1. The van der Waals surface area contributed by atoms with Gasteiger partial charge in [0.05, 0.1) is 25.7 Å². The van der Waals surface area contributed by atoms with Crippen molar-refractivity contribution in [3.05, 3.63) is 40.9 Å². The van der Waals surface area contributed by atoms with Crippen molar-refractivity contribution in [2.45, 2.75) is 11.7 Å². The number of anilines is 1. The van der Waals surface area contributed by atoms with E-state index < -0.39 is 17.4 Å². The van der Waals surface area contributed by atoms with Crippen molar-refractivity contribution < 1.29 is 19.1 Å². The molecular weight excluding hydrogens is 350 g/mol. The monoisotopic (exact) mass is 363 g/mol. The summed E-state index contributed by atoms with van der Waals surface area (Å²) in [5, 5.41) is 0. The largest absolute Gasteiger partial charge is 0.469 e. The highest BCUT2D eigenvalue weighted by molar-refractivity contribution is 9.10. The van der Waals surface area contributed by atoms with E-state index >= 15 is 0 Å². The minimum atomic E-state index is -0.701. The molecule has 0 radical (unpaired) electrons. The molecule has 114 valence electrons. The molecule has 4 rings (SSSR count). The van der Waals surface area contributed by atoms with Gasteiger partial charge in [0, 0.05) is 10.2 Å². The summed E-state index contributed by atoms with van der Waals surface area (Å²) in [5.41, 5.74) is 0.106. The lowest BCUT2D eigenvalue weighted by molar-refractivity contribution is -0.149. The maximum Gasteiger partial charge on any atom is 0.312 e. The Kier molecular flexibility index (Phi) is 2.96. The first-order valence-electron chi connectivity index (χ1n) is 7.08. The van der Waals surface area contributed by atoms with Crippen LogP contribution in [0.2, 0.25) is 0 Å². The average molecular weight is 364 g/mol. The lowest BCUT2D eigenvalue weighted by atomic mass is 9.77. The van der Waals surface area contributed by atoms with Gasteiger partial charge in [-0.25, -0.2) is 0 Å². The van der Waals surface area contributed by atoms with Gasteiger partial charge < -0.3 is 14.4 Å². The summed E-state index contributed by atoms with van der Waals surface area (Å²) in [5.74, 6) is -1.52. The smallest absolute Gasteiger partial charge is 0.312 e. The van der Waals surface area contributed by atoms with E-state index in [4.69, 9.17) is 9.47 Å². The molecule has 3 aliphatic heterocycles. The number of carbonyl (C=O) groups excluding carboxylic acids is 2. The van der Waals surface area contributed by atoms with Crippen LogP contribution in [0, 0.1) is 11.8 Å². The number of fused-ring (bicyclic) bond motifs is 1. The number of benzene rings is 1. The highest BCUT2D eigenvalue weighted by Crippen LogP contribution is 2.52. The molecule has 22 heavy (non-hydrogen) atoms. The van der Waals surface area contributed by atoms with Crippen molar-refractivity contribution in [3.8, 4) is 0 Å². The number of hydrogen-bond donors (Lipinski definition) is 0. The highest BCUT2D eigenvalue weighted by Gasteiger charge is 2.67. The number of methoxy groups -OCH3 is 1. The summed E-state index contributed by atoms with van der Waals surface area (Å²) >= 11 is 3.39. The molecule has 5 nitrogen and oxygen atoms in total. The lowest BCUT2D eigenvalue weighted by Gasteiger charge is -2.22. The molecular formula is C16H14BrNO4. The van der Waals surface area contributed by atoms with E-state index in [0.29, 0.717) is 6.54 Å². The second-order valence-electron chi connectivity index (χ2n) is 5.82. The fraction of sp³-hybridized carbons (Fsp3) is 0.375. The highest BCUT2D eigenvalue weighted by atomic mass is 79.9. The van der Waals surface area contributed by atoms with Gasteiger partial charge in [-0.05, 0) is 24.3 Å². The second kappa shape index (κ2) is 4.67. The van der Waals surface area contributed by atoms with Gasteiger partial charge in [-0.2, -0.15) is 0 Å². The van der Waals surface area contributed by atoms with E-state index in [1.165, 1.54) is 7.11 Å². The molecule has 0 saturated carbocycles. The summed E-state index contributed by atoms with van der Waals surface area (Å²) in [4.78, 5) is 26.6. The van der Waals surface area contributed by atoms with Crippen LogP contribution in [0.25, 0.3) is 0 Å². The van der Waals surface area contributed by atoms with E-state index in [0.717, 1.165) is 10.2 Å². The van der Waals surface area contributed by atoms with Crippen molar-refractivity contribution in [1.82, 2.24) is 0 Å². The molecule has 1 spiro atoms. The van der Waals surface area contributed by atoms with Crippen molar-refractivity contribution >= 4 is 33.5 Å². The van der Waals surface area contributed by atoms with E-state index in [1.807, 2.05) is 36.4 Å². The Morgan fingerprint density at radius 1 is 1.41 bits per heavy atom. The summed E-state index contributed by atoms with van der Waals surface area (Å²) < 4.78 is 11.8. The molecule has 1 aromatic rings. The van der Waals surface area contributed by atoms with Gasteiger partial charge >= 0.3 is 5.97 Å². The minimum absolute atomic E-state index is 0.0791. The minimum Gasteiger partial charge on any atom is -0.469 e. The Morgan fingerprint density at radius 2 is 2.14 bits per heavy atom. The number of esters is 1. The summed E-state index contributed by atoms with van der Waals surface area (Å²) in [6.45, 7) is 0.429. The molecule has 1 amide bonds. The van der Waals surface area contributed by atoms with E-state index in [2.05, 4.69) is 15.9 Å². The first-order chi connectivity index (χ1) is 10.6. The third kappa shape index (κ3) is 1.74. The Hall–Kier alpha value is -1.66. The number of ether oxygens (including phenoxy) is 2. The van der Waals surface area contributed by atoms with Gasteiger partial charge in [0.25, 0.3) is 0 Å². The number of amides is 1. The third-order valence-corrected chi connectivity index (χ3v) is 5.24. The Balaban J connectivity index is 1.71. The molecule has 2 fully saturated rings. The van der Waals surface area contributed by atoms with Crippen molar-refractivity contribution in [1.29, 1.82) is 0 Å². The third-order valence-electron chi connectivity index (χ3n) is 4.71. The van der Waals surface area contributed by atoms with E-state index in [9.17, 15) is 9.59 Å². The number of rotatable bonds is 2. The standard InChI is InChI=1S/C16H14BrNO4/c1-21-15(20)12-11-6-7-16(22-11)8-18(14(19)13(12)16)10-4-2-9(17)3-5-10/h2-7,11-13H,8H2,1H3/t11-,12+,13-,16-/m0/s1. The second-order valence-corrected chi connectivity index (χ2v) is 6.74. The van der Waals surface area contributed by atoms with Gasteiger partial charge in [0.2, 0.25) is 5.91 Å². The zero-order valence-electron chi connectivity index (χ0n) is 11.9. The van der Waals surface area contributed by atoms with Crippen LogP contribution in [0.4, 0.5) is 5.69 Å². The van der Waals surface area contributed by atoms with Crippen molar-refractivity contribution in [2.75, 3.05) is 18.6 Å². The molecule has 0 unspecified atom stereocenters. The van der Waals surface area contributed by atoms with Crippen LogP contribution in [0.1, 0.15) is 0 Å². The number of hydrogen-bond acceptors (Lipinski definition) is 4. The van der Waals surface area contributed by atoms with Crippen LogP contribution < -0.4 is 4.90 Å². The van der Waals surface area contributed by atoms with Gasteiger partial charge in [-0.15, -0.1) is 0 Å². The van der Waals surface area contributed by atoms with Crippen LogP contribution in [-0.4, -0.2) is 37.2 Å². The number of nitrogens with zero attached hydrogens (tertiary/aromatic N) is 1. The van der Waals surface area contributed by atoms with Gasteiger partial charge in [-0.1, -0.05) is 28.1 Å². The van der Waals surface area contributed by atoms with E-state index in [-0.39, 0.29) is 18.0 Å². The summed E-state index contributed by atoms with van der Waals surface area (Å²) in [7, 11) is 1.34. The molecule has 0 N–H and O–H groups in total. The fourth-order valence-electron chi connectivity index (χ4n) is 3.74. The topological polar surface area (TPSA) is 55.8 Å². The van der Waals surface area contributed by atoms with Crippen molar-refractivity contribution in [3.63, 3.8) is 0 Å². The van der Waals surface area contributed by atoms with Crippen LogP contribution in [-0.2, 0) is 19.1 Å². The molecule has 3 heterocycles. The average Bonchev–Trinajstić information content (AvgIpc) is 3.16. The first-order valence-corrected chi connectivity index (χ1v) is 7.87. The van der Waals surface area contributed by atoms with Crippen LogP contribution in [0.3, 0.4) is 0 Å². The Labute approximate surface area is 136 Å². The zero-order valence-corrected chi connectivity index (χ0v) is 13.4. The quantitative estimate of drug-likeness (QED) is 0.594. The van der Waals surface area contributed by atoms with Crippen LogP contribution in [0.15, 0.2) is 40.9 Å². The zero-order chi connectivity index (χ0) is 15.5. The summed E-state index contributed by atoms with van der Waals surface area (Å²) in [6, 6.07) is 7.53. The van der Waals surface area contributed by atoms with Gasteiger partial charge in [-0.3, -0.25) is 9.59 Å². The predicted molar refractivity (Wildman–Crippen MR) is 82.2 cm³/mol. The number of carbonyl (C=O) groups is 2. The van der Waals surface area contributed by atoms with E-state index in [1.54, 1.807) is 4.90 Å². The van der Waals surface area contributed by atoms with Crippen molar-refractivity contribution in [2.24, 2.45) is 11.8 Å². The first kappa shape index (κ1) is 14.0. The molecule has 0 aromatic heterocycles. The maximum absolute atomic E-state index is 12.9. The molecule has 2 saturated heterocycles. The molecule has 1 aromatic carbocycles. The molecule has 0 aliphatic carbocycles. The Bertz CT molecular complexity index is 686. The predicted octanol–water partition coefficient (Wildman–Crippen LogP) is 1.91. The molecule has 3 aliphatic rings.